The smallest absolute Gasteiger partial charge is 0.260 e. The van der Waals surface area contributed by atoms with E-state index in [1.54, 1.807) is 79.3 Å². The number of anilines is 1. The van der Waals surface area contributed by atoms with Crippen LogP contribution in [-0.4, -0.2) is 45.1 Å². The maximum absolute atomic E-state index is 13.3. The van der Waals surface area contributed by atoms with Gasteiger partial charge in [-0.2, -0.15) is 5.26 Å². The van der Waals surface area contributed by atoms with Crippen LogP contribution in [0.1, 0.15) is 32.7 Å². The van der Waals surface area contributed by atoms with Gasteiger partial charge in [-0.15, -0.1) is 0 Å². The lowest BCUT2D eigenvalue weighted by Gasteiger charge is -2.15. The number of aryl methyl sites for hydroxylation is 1. The Morgan fingerprint density at radius 1 is 1.05 bits per heavy atom. The number of hydrogen-bond acceptors (Lipinski definition) is 7. The zero-order chi connectivity index (χ0) is 31.1. The minimum atomic E-state index is -0.543. The average Bonchev–Trinajstić information content (AvgIpc) is 3.56. The molecule has 3 aromatic carbocycles. The number of nitrogens with one attached hydrogen (secondary N) is 2. The van der Waals surface area contributed by atoms with E-state index < -0.39 is 5.91 Å². The molecule has 44 heavy (non-hydrogen) atoms. The number of halogens is 1. The Balaban J connectivity index is 1.52. The van der Waals surface area contributed by atoms with Crippen LogP contribution in [0.3, 0.4) is 0 Å². The predicted molar refractivity (Wildman–Crippen MR) is 167 cm³/mol. The third-order valence-electron chi connectivity index (χ3n) is 6.82. The summed E-state index contributed by atoms with van der Waals surface area (Å²) >= 11 is 6.06. The molecule has 5 aromatic rings. The molecule has 0 aliphatic carbocycles. The average molecular weight is 607 g/mol. The highest BCUT2D eigenvalue weighted by molar-refractivity contribution is 6.30. The Kier molecular flexibility index (Phi) is 9.18. The second-order valence-electron chi connectivity index (χ2n) is 9.70. The molecule has 0 fully saturated rings. The van der Waals surface area contributed by atoms with E-state index in [9.17, 15) is 20.0 Å². The van der Waals surface area contributed by atoms with Gasteiger partial charge >= 0.3 is 0 Å². The number of phenols is 1. The zero-order valence-corrected chi connectivity index (χ0v) is 24.4. The van der Waals surface area contributed by atoms with Crippen LogP contribution in [0.4, 0.5) is 5.82 Å². The van der Waals surface area contributed by atoms with Crippen molar-refractivity contribution in [3.63, 3.8) is 0 Å². The van der Waals surface area contributed by atoms with Crippen molar-refractivity contribution in [2.45, 2.75) is 13.0 Å². The molecule has 0 saturated heterocycles. The predicted octanol–water partition coefficient (Wildman–Crippen LogP) is 5.92. The number of pyridine rings is 1. The van der Waals surface area contributed by atoms with Crippen molar-refractivity contribution >= 4 is 29.2 Å². The lowest BCUT2D eigenvalue weighted by atomic mass is 9.96. The fraction of sp³-hybridized carbons (Fsp3) is 0.121. The third kappa shape index (κ3) is 6.69. The van der Waals surface area contributed by atoms with E-state index in [0.29, 0.717) is 52.5 Å². The summed E-state index contributed by atoms with van der Waals surface area (Å²) < 4.78 is 7.26. The standard InChI is InChI=1S/C33H27ClN6O4/c1-44-30-9-3-2-8-25(30)33(43)39-31-27(19-35)26(18-28(38-31)24-11-10-23(34)17-29(24)41)21-6-4-7-22(16-21)32(42)37-12-5-14-40-15-13-36-20-40/h2-4,6-11,13,15-18,20,41H,5,12,14H2,1H3,(H,37,42)(H,38,39,43). The lowest BCUT2D eigenvalue weighted by molar-refractivity contribution is 0.0951. The Morgan fingerprint density at radius 2 is 1.89 bits per heavy atom. The van der Waals surface area contributed by atoms with Crippen LogP contribution in [-0.2, 0) is 6.54 Å². The number of benzene rings is 3. The number of ether oxygens (including phenoxy) is 1. The number of rotatable bonds is 10. The Labute approximate surface area is 258 Å². The zero-order valence-electron chi connectivity index (χ0n) is 23.6. The maximum Gasteiger partial charge on any atom is 0.260 e. The highest BCUT2D eigenvalue weighted by Crippen LogP contribution is 2.37. The highest BCUT2D eigenvalue weighted by Gasteiger charge is 2.21. The summed E-state index contributed by atoms with van der Waals surface area (Å²) in [4.78, 5) is 34.9. The van der Waals surface area contributed by atoms with Gasteiger partial charge in [-0.05, 0) is 60.5 Å². The van der Waals surface area contributed by atoms with Gasteiger partial charge < -0.3 is 25.0 Å². The number of para-hydroxylation sites is 1. The van der Waals surface area contributed by atoms with E-state index in [2.05, 4.69) is 26.7 Å². The van der Waals surface area contributed by atoms with Crippen molar-refractivity contribution in [1.29, 1.82) is 5.26 Å². The Bertz CT molecular complexity index is 1870. The van der Waals surface area contributed by atoms with Crippen molar-refractivity contribution in [3.8, 4) is 40.0 Å². The number of imidazole rings is 1. The van der Waals surface area contributed by atoms with Gasteiger partial charge in [0.25, 0.3) is 11.8 Å². The first-order chi connectivity index (χ1) is 21.4. The molecular formula is C33H27ClN6O4. The largest absolute Gasteiger partial charge is 0.507 e. The monoisotopic (exact) mass is 606 g/mol. The van der Waals surface area contributed by atoms with Crippen molar-refractivity contribution in [2.75, 3.05) is 19.0 Å². The van der Waals surface area contributed by atoms with Gasteiger partial charge in [-0.25, -0.2) is 9.97 Å². The number of hydrogen-bond donors (Lipinski definition) is 3. The van der Waals surface area contributed by atoms with Gasteiger partial charge in [0.15, 0.2) is 5.82 Å². The Morgan fingerprint density at radius 3 is 2.64 bits per heavy atom. The number of amides is 2. The molecule has 0 aliphatic heterocycles. The van der Waals surface area contributed by atoms with Gasteiger partial charge in [-0.3, -0.25) is 9.59 Å². The molecule has 0 aliphatic rings. The molecule has 0 unspecified atom stereocenters. The fourth-order valence-electron chi connectivity index (χ4n) is 4.66. The number of aromatic hydroxyl groups is 1. The quantitative estimate of drug-likeness (QED) is 0.167. The van der Waals surface area contributed by atoms with Gasteiger partial charge in [0.2, 0.25) is 0 Å². The number of nitrogens with zero attached hydrogens (tertiary/aromatic N) is 4. The van der Waals surface area contributed by atoms with Crippen LogP contribution in [0.2, 0.25) is 5.02 Å². The Hall–Kier alpha value is -5.66. The van der Waals surface area contributed by atoms with Crippen LogP contribution >= 0.6 is 11.6 Å². The first-order valence-electron chi connectivity index (χ1n) is 13.6. The molecule has 0 spiro atoms. The molecule has 220 valence electrons. The second kappa shape index (κ2) is 13.5. The molecule has 10 nitrogen and oxygen atoms in total. The molecule has 5 rings (SSSR count). The van der Waals surface area contributed by atoms with Crippen molar-refractivity contribution in [1.82, 2.24) is 19.9 Å². The van der Waals surface area contributed by atoms with Gasteiger partial charge in [0.05, 0.1) is 24.7 Å². The van der Waals surface area contributed by atoms with E-state index in [0.717, 1.165) is 0 Å². The SMILES string of the molecule is COc1ccccc1C(=O)Nc1nc(-c2ccc(Cl)cc2O)cc(-c2cccc(C(=O)NCCCn3ccnc3)c2)c1C#N. The molecule has 0 radical (unpaired) electrons. The molecule has 0 atom stereocenters. The molecule has 3 N–H and O–H groups in total. The van der Waals surface area contributed by atoms with Crippen LogP contribution in [0.15, 0.2) is 91.5 Å². The van der Waals surface area contributed by atoms with E-state index in [4.69, 9.17) is 16.3 Å². The summed E-state index contributed by atoms with van der Waals surface area (Å²) in [5, 5.41) is 26.9. The molecule has 2 heterocycles. The van der Waals surface area contributed by atoms with Crippen molar-refractivity contribution in [3.05, 3.63) is 113 Å². The lowest BCUT2D eigenvalue weighted by Crippen LogP contribution is -2.25. The topological polar surface area (TPSA) is 142 Å². The van der Waals surface area contributed by atoms with Gasteiger partial charge in [0.1, 0.15) is 23.1 Å². The summed E-state index contributed by atoms with van der Waals surface area (Å²) in [6.45, 7) is 1.17. The van der Waals surface area contributed by atoms with Gasteiger partial charge in [0, 0.05) is 47.2 Å². The van der Waals surface area contributed by atoms with Crippen LogP contribution in [0, 0.1) is 11.3 Å². The van der Waals surface area contributed by atoms with E-state index in [1.165, 1.54) is 13.2 Å². The van der Waals surface area contributed by atoms with E-state index in [-0.39, 0.29) is 34.3 Å². The molecule has 11 heteroatoms. The van der Waals surface area contributed by atoms with Crippen LogP contribution < -0.4 is 15.4 Å². The number of aromatic nitrogens is 3. The molecule has 2 aromatic heterocycles. The first kappa shape index (κ1) is 29.8. The summed E-state index contributed by atoms with van der Waals surface area (Å²) in [5.41, 5.74) is 2.25. The third-order valence-corrected chi connectivity index (χ3v) is 7.06. The molecule has 0 bridgehead atoms. The summed E-state index contributed by atoms with van der Waals surface area (Å²) in [6.07, 6.45) is 6.00. The molecule has 2 amide bonds. The van der Waals surface area contributed by atoms with E-state index >= 15 is 0 Å². The fourth-order valence-corrected chi connectivity index (χ4v) is 4.82. The van der Waals surface area contributed by atoms with Crippen molar-refractivity contribution in [2.24, 2.45) is 0 Å². The van der Waals surface area contributed by atoms with Crippen molar-refractivity contribution < 1.29 is 19.4 Å². The second-order valence-corrected chi connectivity index (χ2v) is 10.1. The minimum absolute atomic E-state index is 0.0281. The molecule has 0 saturated carbocycles. The van der Waals surface area contributed by atoms with Gasteiger partial charge in [-0.1, -0.05) is 35.9 Å². The number of nitriles is 1. The maximum atomic E-state index is 13.3. The minimum Gasteiger partial charge on any atom is -0.507 e. The highest BCUT2D eigenvalue weighted by atomic mass is 35.5. The number of phenolic OH excluding ortho intramolecular Hbond substituents is 1. The number of carbonyl (C=O) groups is 2. The number of methoxy groups -OCH3 is 1. The van der Waals surface area contributed by atoms with E-state index in [1.807, 2.05) is 10.8 Å². The summed E-state index contributed by atoms with van der Waals surface area (Å²) in [5.74, 6) is -0.630. The first-order valence-corrected chi connectivity index (χ1v) is 14.0. The number of carbonyl (C=O) groups excluding carboxylic acids is 2. The summed E-state index contributed by atoms with van der Waals surface area (Å²) in [7, 11) is 1.45. The van der Waals surface area contributed by atoms with Crippen LogP contribution in [0.25, 0.3) is 22.4 Å². The molecular weight excluding hydrogens is 580 g/mol. The normalized spacial score (nSPS) is 10.6. The van der Waals surface area contributed by atoms with Crippen LogP contribution in [0.5, 0.6) is 11.5 Å². The summed E-state index contributed by atoms with van der Waals surface area (Å²) in [6, 6.07) is 21.8.